The van der Waals surface area contributed by atoms with Crippen molar-refractivity contribution in [2.24, 2.45) is 0 Å². The number of ketones is 1. The predicted octanol–water partition coefficient (Wildman–Crippen LogP) is 3.80. The van der Waals surface area contributed by atoms with Gasteiger partial charge in [-0.1, -0.05) is 12.1 Å². The van der Waals surface area contributed by atoms with E-state index >= 15 is 0 Å². The van der Waals surface area contributed by atoms with Crippen LogP contribution in [0.3, 0.4) is 0 Å². The molecule has 4 nitrogen and oxygen atoms in total. The van der Waals surface area contributed by atoms with Crippen molar-refractivity contribution in [3.63, 3.8) is 0 Å². The van der Waals surface area contributed by atoms with Gasteiger partial charge in [0.2, 0.25) is 5.78 Å². The second kappa shape index (κ2) is 8.19. The summed E-state index contributed by atoms with van der Waals surface area (Å²) in [5.74, 6) is -2.85. The number of esters is 1. The van der Waals surface area contributed by atoms with E-state index in [0.717, 1.165) is 23.8 Å². The topological polar surface area (TPSA) is 52.6 Å². The van der Waals surface area contributed by atoms with Crippen molar-refractivity contribution < 1.29 is 27.8 Å². The van der Waals surface area contributed by atoms with Crippen molar-refractivity contribution in [2.75, 3.05) is 7.11 Å². The van der Waals surface area contributed by atoms with Gasteiger partial charge in [-0.2, -0.15) is 0 Å². The number of hydrogen-bond donors (Lipinski definition) is 0. The van der Waals surface area contributed by atoms with Crippen LogP contribution < -0.4 is 4.74 Å². The second-order valence-corrected chi connectivity index (χ2v) is 5.18. The lowest BCUT2D eigenvalue weighted by molar-refractivity contribution is -0.140. The molecule has 0 bridgehead atoms. The maximum atomic E-state index is 13.2. The lowest BCUT2D eigenvalue weighted by Crippen LogP contribution is -2.23. The summed E-state index contributed by atoms with van der Waals surface area (Å²) in [4.78, 5) is 23.9. The Labute approximate surface area is 143 Å². The van der Waals surface area contributed by atoms with Crippen LogP contribution in [0.5, 0.6) is 5.75 Å². The standard InChI is InChI=1S/C19H16F2O4/c1-12(19(23)14-6-9-16(20)17(21)11-14)25-18(22)10-5-13-3-7-15(24-2)8-4-13/h3-12H,1-2H3/b10-5+. The summed E-state index contributed by atoms with van der Waals surface area (Å²) in [6, 6.07) is 9.73. The number of methoxy groups -OCH3 is 1. The van der Waals surface area contributed by atoms with Crippen molar-refractivity contribution in [3.8, 4) is 5.75 Å². The van der Waals surface area contributed by atoms with Crippen LogP contribution in [0, 0.1) is 11.6 Å². The maximum absolute atomic E-state index is 13.2. The van der Waals surface area contributed by atoms with Crippen LogP contribution in [0.4, 0.5) is 8.78 Å². The van der Waals surface area contributed by atoms with Gasteiger partial charge in [0.1, 0.15) is 5.75 Å². The minimum Gasteiger partial charge on any atom is -0.497 e. The zero-order valence-corrected chi connectivity index (χ0v) is 13.7. The van der Waals surface area contributed by atoms with Gasteiger partial charge in [0.05, 0.1) is 7.11 Å². The largest absolute Gasteiger partial charge is 0.497 e. The monoisotopic (exact) mass is 346 g/mol. The summed E-state index contributed by atoms with van der Waals surface area (Å²) in [5.41, 5.74) is 0.677. The predicted molar refractivity (Wildman–Crippen MR) is 88.3 cm³/mol. The molecule has 130 valence electrons. The van der Waals surface area contributed by atoms with Crippen LogP contribution in [-0.2, 0) is 9.53 Å². The molecule has 0 radical (unpaired) electrons. The molecule has 2 aromatic rings. The van der Waals surface area contributed by atoms with E-state index in [4.69, 9.17) is 9.47 Å². The number of carbonyl (C=O) groups is 2. The van der Waals surface area contributed by atoms with E-state index in [1.54, 1.807) is 31.4 Å². The summed E-state index contributed by atoms with van der Waals surface area (Å²) in [6.07, 6.45) is 1.57. The van der Waals surface area contributed by atoms with Gasteiger partial charge >= 0.3 is 5.97 Å². The summed E-state index contributed by atoms with van der Waals surface area (Å²) < 4.78 is 36.1. The van der Waals surface area contributed by atoms with E-state index in [-0.39, 0.29) is 5.56 Å². The Bertz CT molecular complexity index is 798. The zero-order valence-electron chi connectivity index (χ0n) is 13.7. The van der Waals surface area contributed by atoms with E-state index in [9.17, 15) is 18.4 Å². The van der Waals surface area contributed by atoms with Gasteiger partial charge < -0.3 is 9.47 Å². The van der Waals surface area contributed by atoms with Crippen molar-refractivity contribution in [2.45, 2.75) is 13.0 Å². The molecule has 0 heterocycles. The molecule has 2 rings (SSSR count). The summed E-state index contributed by atoms with van der Waals surface area (Å²) >= 11 is 0. The van der Waals surface area contributed by atoms with Gasteiger partial charge in [-0.05, 0) is 48.9 Å². The molecule has 1 atom stereocenters. The number of benzene rings is 2. The fraction of sp³-hybridized carbons (Fsp3) is 0.158. The van der Waals surface area contributed by atoms with Crippen LogP contribution in [-0.4, -0.2) is 25.0 Å². The van der Waals surface area contributed by atoms with E-state index in [2.05, 4.69) is 0 Å². The summed E-state index contributed by atoms with van der Waals surface area (Å²) in [6.45, 7) is 1.36. The third kappa shape index (κ3) is 4.97. The first-order valence-electron chi connectivity index (χ1n) is 7.42. The van der Waals surface area contributed by atoms with Gasteiger partial charge in [-0.15, -0.1) is 0 Å². The number of rotatable bonds is 6. The van der Waals surface area contributed by atoms with Gasteiger partial charge in [0.15, 0.2) is 17.7 Å². The quantitative estimate of drug-likeness (QED) is 0.453. The van der Waals surface area contributed by atoms with E-state index < -0.39 is 29.5 Å². The number of hydrogen-bond acceptors (Lipinski definition) is 4. The minimum atomic E-state index is -1.14. The molecule has 0 spiro atoms. The molecule has 2 aromatic carbocycles. The molecule has 6 heteroatoms. The first-order chi connectivity index (χ1) is 11.9. The molecule has 0 aliphatic carbocycles. The zero-order chi connectivity index (χ0) is 18.4. The lowest BCUT2D eigenvalue weighted by Gasteiger charge is -2.11. The molecule has 25 heavy (non-hydrogen) atoms. The molecule has 0 aliphatic rings. The van der Waals surface area contributed by atoms with Crippen LogP contribution in [0.1, 0.15) is 22.8 Å². The average Bonchev–Trinajstić information content (AvgIpc) is 2.62. The second-order valence-electron chi connectivity index (χ2n) is 5.18. The lowest BCUT2D eigenvalue weighted by atomic mass is 10.1. The highest BCUT2D eigenvalue weighted by Crippen LogP contribution is 2.14. The van der Waals surface area contributed by atoms with Gasteiger partial charge in [0, 0.05) is 11.6 Å². The summed E-state index contributed by atoms with van der Waals surface area (Å²) in [5, 5.41) is 0. The normalized spacial score (nSPS) is 12.0. The maximum Gasteiger partial charge on any atom is 0.331 e. The highest BCUT2D eigenvalue weighted by molar-refractivity contribution is 6.01. The van der Waals surface area contributed by atoms with Crippen molar-refractivity contribution in [1.29, 1.82) is 0 Å². The fourth-order valence-electron chi connectivity index (χ4n) is 2.03. The minimum absolute atomic E-state index is 0.0710. The van der Waals surface area contributed by atoms with E-state index in [1.807, 2.05) is 0 Å². The molecule has 1 unspecified atom stereocenters. The Hall–Kier alpha value is -3.02. The van der Waals surface area contributed by atoms with Crippen molar-refractivity contribution >= 4 is 17.8 Å². The van der Waals surface area contributed by atoms with Gasteiger partial charge in [0.25, 0.3) is 0 Å². The van der Waals surface area contributed by atoms with Gasteiger partial charge in [-0.3, -0.25) is 4.79 Å². The van der Waals surface area contributed by atoms with Crippen molar-refractivity contribution in [3.05, 3.63) is 71.3 Å². The number of halogens is 2. The van der Waals surface area contributed by atoms with E-state index in [1.165, 1.54) is 19.1 Å². The third-order valence-corrected chi connectivity index (χ3v) is 3.39. The molecule has 0 fully saturated rings. The molecule has 0 saturated heterocycles. The Kier molecular flexibility index (Phi) is 6.00. The first kappa shape index (κ1) is 18.3. The number of carbonyl (C=O) groups excluding carboxylic acids is 2. The molecule has 0 aromatic heterocycles. The molecule has 0 aliphatic heterocycles. The SMILES string of the molecule is COc1ccc(/C=C/C(=O)OC(C)C(=O)c2ccc(F)c(F)c2)cc1. The Morgan fingerprint density at radius 3 is 2.32 bits per heavy atom. The first-order valence-corrected chi connectivity index (χ1v) is 7.42. The smallest absolute Gasteiger partial charge is 0.331 e. The molecular weight excluding hydrogens is 330 g/mol. The van der Waals surface area contributed by atoms with Crippen molar-refractivity contribution in [1.82, 2.24) is 0 Å². The number of ether oxygens (including phenoxy) is 2. The van der Waals surface area contributed by atoms with Crippen LogP contribution >= 0.6 is 0 Å². The third-order valence-electron chi connectivity index (χ3n) is 3.39. The highest BCUT2D eigenvalue weighted by Gasteiger charge is 2.19. The Balaban J connectivity index is 1.97. The van der Waals surface area contributed by atoms with Gasteiger partial charge in [-0.25, -0.2) is 13.6 Å². The number of Topliss-reactive ketones (excluding diaryl/α,β-unsaturated/α-hetero) is 1. The van der Waals surface area contributed by atoms with Crippen LogP contribution in [0.2, 0.25) is 0 Å². The fourth-order valence-corrected chi connectivity index (χ4v) is 2.03. The highest BCUT2D eigenvalue weighted by atomic mass is 19.2. The Morgan fingerprint density at radius 1 is 1.04 bits per heavy atom. The van der Waals surface area contributed by atoms with Crippen LogP contribution in [0.15, 0.2) is 48.5 Å². The Morgan fingerprint density at radius 2 is 1.72 bits per heavy atom. The molecule has 0 saturated carbocycles. The van der Waals surface area contributed by atoms with E-state index in [0.29, 0.717) is 5.75 Å². The molecule has 0 N–H and O–H groups in total. The summed E-state index contributed by atoms with van der Waals surface area (Å²) in [7, 11) is 1.55. The molecule has 0 amide bonds. The average molecular weight is 346 g/mol. The van der Waals surface area contributed by atoms with Crippen LogP contribution in [0.25, 0.3) is 6.08 Å². The molecular formula is C19H16F2O4.